The number of anilines is 4. The van der Waals surface area contributed by atoms with Gasteiger partial charge in [-0.3, -0.25) is 9.63 Å². The number of carbonyl (C=O) groups excluding carboxylic acids is 1. The van der Waals surface area contributed by atoms with Crippen LogP contribution in [-0.4, -0.2) is 44.3 Å². The molecular weight excluding hydrogens is 482 g/mol. The minimum absolute atomic E-state index is 0.309. The zero-order valence-corrected chi connectivity index (χ0v) is 19.4. The van der Waals surface area contributed by atoms with Crippen molar-refractivity contribution in [3.8, 4) is 17.2 Å². The number of hydrogen-bond acceptors (Lipinski definition) is 9. The van der Waals surface area contributed by atoms with Crippen LogP contribution in [0.5, 0.6) is 17.2 Å². The van der Waals surface area contributed by atoms with Crippen LogP contribution in [0.1, 0.15) is 10.4 Å². The lowest BCUT2D eigenvalue weighted by Gasteiger charge is -2.15. The third-order valence-electron chi connectivity index (χ3n) is 4.28. The quantitative estimate of drug-likeness (QED) is 0.371. The second-order valence-corrected chi connectivity index (χ2v) is 7.09. The van der Waals surface area contributed by atoms with Gasteiger partial charge in [-0.15, -0.1) is 0 Å². The Balaban J connectivity index is 1.90. The third-order valence-corrected chi connectivity index (χ3v) is 4.86. The topological polar surface area (TPSA) is 116 Å². The number of methoxy groups -OCH3 is 3. The van der Waals surface area contributed by atoms with Crippen molar-refractivity contribution in [1.82, 2.24) is 15.4 Å². The molecule has 11 heteroatoms. The largest absolute Gasteiger partial charge is 0.493 e. The molecule has 32 heavy (non-hydrogen) atoms. The molecule has 0 fully saturated rings. The Morgan fingerprint density at radius 1 is 0.969 bits per heavy atom. The molecule has 0 aliphatic heterocycles. The summed E-state index contributed by atoms with van der Waals surface area (Å²) in [5.74, 6) is 1.82. The van der Waals surface area contributed by atoms with Gasteiger partial charge in [-0.25, -0.2) is 10.5 Å². The molecule has 168 valence electrons. The van der Waals surface area contributed by atoms with E-state index in [1.807, 2.05) is 0 Å². The summed E-state index contributed by atoms with van der Waals surface area (Å²) >= 11 is 3.43. The van der Waals surface area contributed by atoms with Crippen molar-refractivity contribution >= 4 is 45.0 Å². The van der Waals surface area contributed by atoms with Gasteiger partial charge in [0.15, 0.2) is 11.5 Å². The number of nitrogens with zero attached hydrogens (tertiary/aromatic N) is 2. The van der Waals surface area contributed by atoms with E-state index in [0.29, 0.717) is 50.4 Å². The number of benzene rings is 2. The Kier molecular flexibility index (Phi) is 7.68. The first-order valence-corrected chi connectivity index (χ1v) is 10.1. The monoisotopic (exact) mass is 503 g/mol. The van der Waals surface area contributed by atoms with E-state index in [1.54, 1.807) is 42.6 Å². The van der Waals surface area contributed by atoms with Crippen molar-refractivity contribution in [2.75, 3.05) is 39.1 Å². The lowest BCUT2D eigenvalue weighted by Crippen LogP contribution is -2.22. The Morgan fingerprint density at radius 3 is 2.28 bits per heavy atom. The van der Waals surface area contributed by atoms with Crippen molar-refractivity contribution in [2.45, 2.75) is 0 Å². The van der Waals surface area contributed by atoms with Gasteiger partial charge in [-0.05, 0) is 28.1 Å². The highest BCUT2D eigenvalue weighted by molar-refractivity contribution is 9.10. The van der Waals surface area contributed by atoms with Gasteiger partial charge in [-0.2, -0.15) is 4.98 Å². The van der Waals surface area contributed by atoms with Crippen molar-refractivity contribution in [1.29, 1.82) is 0 Å². The maximum atomic E-state index is 12.3. The fourth-order valence-corrected chi connectivity index (χ4v) is 3.15. The van der Waals surface area contributed by atoms with Crippen molar-refractivity contribution in [2.24, 2.45) is 0 Å². The van der Waals surface area contributed by atoms with Gasteiger partial charge in [0.1, 0.15) is 5.82 Å². The Hall–Kier alpha value is -3.57. The molecule has 0 bridgehead atoms. The number of carbonyl (C=O) groups is 1. The minimum Gasteiger partial charge on any atom is -0.493 e. The minimum atomic E-state index is -0.392. The highest BCUT2D eigenvalue weighted by Gasteiger charge is 2.16. The number of hydrogen-bond donors (Lipinski definition) is 3. The van der Waals surface area contributed by atoms with Gasteiger partial charge >= 0.3 is 0 Å². The summed E-state index contributed by atoms with van der Waals surface area (Å²) in [5, 5.41) is 6.26. The molecule has 1 aromatic heterocycles. The van der Waals surface area contributed by atoms with Crippen LogP contribution in [0.25, 0.3) is 0 Å². The van der Waals surface area contributed by atoms with Crippen LogP contribution >= 0.6 is 15.9 Å². The molecule has 0 atom stereocenters. The number of ether oxygens (including phenoxy) is 3. The third kappa shape index (κ3) is 5.18. The molecule has 1 heterocycles. The van der Waals surface area contributed by atoms with E-state index in [0.717, 1.165) is 0 Å². The zero-order valence-electron chi connectivity index (χ0n) is 17.9. The molecule has 3 rings (SSSR count). The number of para-hydroxylation sites is 1. The molecule has 2 aromatic carbocycles. The summed E-state index contributed by atoms with van der Waals surface area (Å²) in [4.78, 5) is 25.8. The van der Waals surface area contributed by atoms with Gasteiger partial charge in [0, 0.05) is 24.0 Å². The summed E-state index contributed by atoms with van der Waals surface area (Å²) < 4.78 is 16.7. The van der Waals surface area contributed by atoms with Crippen LogP contribution in [0, 0.1) is 0 Å². The van der Waals surface area contributed by atoms with Crippen LogP contribution in [0.3, 0.4) is 0 Å². The number of amides is 1. The van der Waals surface area contributed by atoms with Crippen molar-refractivity contribution < 1.29 is 23.8 Å². The molecule has 0 aliphatic carbocycles. The normalized spacial score (nSPS) is 10.3. The predicted octanol–water partition coefficient (Wildman–Crippen LogP) is 4.04. The van der Waals surface area contributed by atoms with Crippen LogP contribution in [0.4, 0.5) is 23.1 Å². The van der Waals surface area contributed by atoms with Gasteiger partial charge in [0.05, 0.1) is 44.2 Å². The van der Waals surface area contributed by atoms with Crippen molar-refractivity contribution in [3.63, 3.8) is 0 Å². The Labute approximate surface area is 193 Å². The highest BCUT2D eigenvalue weighted by Crippen LogP contribution is 2.40. The SMILES string of the molecule is CONC(=O)c1ccccc1Nc1nc(Nc2cc(OC)c(OC)c(OC)c2)ncc1Br. The smallest absolute Gasteiger partial charge is 0.276 e. The molecule has 10 nitrogen and oxygen atoms in total. The van der Waals surface area contributed by atoms with Crippen LogP contribution in [-0.2, 0) is 4.84 Å². The van der Waals surface area contributed by atoms with Gasteiger partial charge in [0.25, 0.3) is 5.91 Å². The van der Waals surface area contributed by atoms with E-state index >= 15 is 0 Å². The van der Waals surface area contributed by atoms with Crippen LogP contribution in [0.15, 0.2) is 47.1 Å². The molecule has 0 radical (unpaired) electrons. The lowest BCUT2D eigenvalue weighted by atomic mass is 10.1. The average Bonchev–Trinajstić information content (AvgIpc) is 2.81. The zero-order chi connectivity index (χ0) is 23.1. The number of halogens is 1. The molecule has 0 unspecified atom stereocenters. The maximum Gasteiger partial charge on any atom is 0.276 e. The molecule has 0 saturated heterocycles. The van der Waals surface area contributed by atoms with E-state index in [4.69, 9.17) is 19.0 Å². The van der Waals surface area contributed by atoms with E-state index in [2.05, 4.69) is 42.0 Å². The van der Waals surface area contributed by atoms with E-state index < -0.39 is 5.91 Å². The number of hydroxylamine groups is 1. The van der Waals surface area contributed by atoms with Gasteiger partial charge in [0.2, 0.25) is 11.7 Å². The lowest BCUT2D eigenvalue weighted by molar-refractivity contribution is 0.0538. The maximum absolute atomic E-state index is 12.3. The fraction of sp³-hybridized carbons (Fsp3) is 0.190. The van der Waals surface area contributed by atoms with Crippen LogP contribution in [0.2, 0.25) is 0 Å². The highest BCUT2D eigenvalue weighted by atomic mass is 79.9. The first-order chi connectivity index (χ1) is 15.5. The molecule has 1 amide bonds. The molecule has 3 aromatic rings. The summed E-state index contributed by atoms with van der Waals surface area (Å²) in [6.07, 6.45) is 1.59. The van der Waals surface area contributed by atoms with Crippen molar-refractivity contribution in [3.05, 3.63) is 52.6 Å². The van der Waals surface area contributed by atoms with E-state index in [9.17, 15) is 4.79 Å². The number of aromatic nitrogens is 2. The first-order valence-electron chi connectivity index (χ1n) is 9.29. The molecule has 0 spiro atoms. The fourth-order valence-electron chi connectivity index (χ4n) is 2.86. The van der Waals surface area contributed by atoms with Gasteiger partial charge < -0.3 is 24.8 Å². The second kappa shape index (κ2) is 10.6. The molecule has 0 saturated carbocycles. The summed E-state index contributed by atoms with van der Waals surface area (Å²) in [5.41, 5.74) is 3.87. The Morgan fingerprint density at radius 2 is 1.66 bits per heavy atom. The summed E-state index contributed by atoms with van der Waals surface area (Å²) in [6, 6.07) is 10.5. The standard InChI is InChI=1S/C21H22BrN5O5/c1-29-16-9-12(10-17(30-2)18(16)31-3)24-21-23-11-14(22)19(26-21)25-15-8-6-5-7-13(15)20(28)27-32-4/h5-11H,1-4H3,(H,27,28)(H2,23,24,25,26). The number of rotatable bonds is 9. The van der Waals surface area contributed by atoms with E-state index in [1.165, 1.54) is 28.4 Å². The Bertz CT molecular complexity index is 1090. The first kappa shape index (κ1) is 23.1. The predicted molar refractivity (Wildman–Crippen MR) is 123 cm³/mol. The second-order valence-electron chi connectivity index (χ2n) is 6.24. The summed E-state index contributed by atoms with van der Waals surface area (Å²) in [6.45, 7) is 0. The molecule has 3 N–H and O–H groups in total. The number of nitrogens with one attached hydrogen (secondary N) is 3. The van der Waals surface area contributed by atoms with Gasteiger partial charge in [-0.1, -0.05) is 12.1 Å². The van der Waals surface area contributed by atoms with E-state index in [-0.39, 0.29) is 0 Å². The average molecular weight is 504 g/mol. The summed E-state index contributed by atoms with van der Waals surface area (Å²) in [7, 11) is 5.98. The molecular formula is C21H22BrN5O5. The molecule has 0 aliphatic rings. The van der Waals surface area contributed by atoms with Crippen LogP contribution < -0.4 is 30.3 Å².